The van der Waals surface area contributed by atoms with E-state index in [0.717, 1.165) is 12.4 Å². The van der Waals surface area contributed by atoms with Gasteiger partial charge in [-0.15, -0.1) is 0 Å². The van der Waals surface area contributed by atoms with E-state index < -0.39 is 18.6 Å². The van der Waals surface area contributed by atoms with E-state index in [1.807, 2.05) is 0 Å². The molecule has 0 aliphatic heterocycles. The molecule has 0 unspecified atom stereocenters. The molecule has 0 radical (unpaired) electrons. The smallest absolute Gasteiger partial charge is 0.394 e. The maximum atomic E-state index is 12.1. The second kappa shape index (κ2) is 4.98. The van der Waals surface area contributed by atoms with Gasteiger partial charge in [0.25, 0.3) is 0 Å². The van der Waals surface area contributed by atoms with E-state index in [1.54, 1.807) is 0 Å². The highest BCUT2D eigenvalue weighted by Gasteiger charge is 2.28. The Labute approximate surface area is 94.9 Å². The lowest BCUT2D eigenvalue weighted by molar-refractivity contribution is -0.135. The SMILES string of the molecule is CN(CC(=O)O)c1cc(CC(F)(F)F)ncn1. The van der Waals surface area contributed by atoms with Crippen LogP contribution in [0.15, 0.2) is 12.4 Å². The Morgan fingerprint density at radius 1 is 1.47 bits per heavy atom. The Morgan fingerprint density at radius 3 is 2.65 bits per heavy atom. The summed E-state index contributed by atoms with van der Waals surface area (Å²) in [4.78, 5) is 18.8. The zero-order valence-corrected chi connectivity index (χ0v) is 8.90. The standard InChI is InChI=1S/C9H10F3N3O2/c1-15(4-8(16)17)7-2-6(13-5-14-7)3-9(10,11)12/h2,5H,3-4H2,1H3,(H,16,17). The lowest BCUT2D eigenvalue weighted by Crippen LogP contribution is -2.26. The first-order valence-electron chi connectivity index (χ1n) is 4.58. The van der Waals surface area contributed by atoms with Crippen molar-refractivity contribution in [1.29, 1.82) is 0 Å². The summed E-state index contributed by atoms with van der Waals surface area (Å²) in [5.74, 6) is -0.954. The first-order chi connectivity index (χ1) is 7.78. The van der Waals surface area contributed by atoms with Crippen LogP contribution in [-0.2, 0) is 11.2 Å². The summed E-state index contributed by atoms with van der Waals surface area (Å²) in [6, 6.07) is 1.12. The number of alkyl halides is 3. The summed E-state index contributed by atoms with van der Waals surface area (Å²) in [6.07, 6.45) is -4.53. The van der Waals surface area contributed by atoms with Crippen molar-refractivity contribution in [3.63, 3.8) is 0 Å². The highest BCUT2D eigenvalue weighted by Crippen LogP contribution is 2.21. The van der Waals surface area contributed by atoms with E-state index in [1.165, 1.54) is 11.9 Å². The minimum atomic E-state index is -4.35. The third-order valence-electron chi connectivity index (χ3n) is 1.85. The number of halogens is 3. The van der Waals surface area contributed by atoms with Gasteiger partial charge in [0.2, 0.25) is 0 Å². The maximum absolute atomic E-state index is 12.1. The molecule has 0 saturated carbocycles. The number of carboxylic acids is 1. The molecule has 0 amide bonds. The zero-order valence-electron chi connectivity index (χ0n) is 8.90. The molecule has 0 aromatic carbocycles. The third kappa shape index (κ3) is 4.66. The molecular formula is C9H10F3N3O2. The van der Waals surface area contributed by atoms with Crippen LogP contribution < -0.4 is 4.90 Å². The van der Waals surface area contributed by atoms with Crippen molar-refractivity contribution in [3.8, 4) is 0 Å². The normalized spacial score (nSPS) is 11.3. The molecule has 0 aliphatic carbocycles. The molecule has 0 spiro atoms. The number of aliphatic carboxylic acids is 1. The van der Waals surface area contributed by atoms with E-state index >= 15 is 0 Å². The molecular weight excluding hydrogens is 239 g/mol. The second-order valence-corrected chi connectivity index (χ2v) is 3.41. The van der Waals surface area contributed by atoms with Gasteiger partial charge in [0, 0.05) is 13.1 Å². The minimum Gasteiger partial charge on any atom is -0.480 e. The van der Waals surface area contributed by atoms with Crippen LogP contribution in [0.4, 0.5) is 19.0 Å². The predicted molar refractivity (Wildman–Crippen MR) is 52.7 cm³/mol. The van der Waals surface area contributed by atoms with E-state index in [2.05, 4.69) is 9.97 Å². The first kappa shape index (κ1) is 13.2. The molecule has 17 heavy (non-hydrogen) atoms. The van der Waals surface area contributed by atoms with Gasteiger partial charge in [-0.3, -0.25) is 4.79 Å². The Bertz CT molecular complexity index is 409. The highest BCUT2D eigenvalue weighted by atomic mass is 19.4. The van der Waals surface area contributed by atoms with Gasteiger partial charge >= 0.3 is 12.1 Å². The van der Waals surface area contributed by atoms with Crippen molar-refractivity contribution in [2.75, 3.05) is 18.5 Å². The number of aromatic nitrogens is 2. The van der Waals surface area contributed by atoms with Crippen molar-refractivity contribution in [1.82, 2.24) is 9.97 Å². The van der Waals surface area contributed by atoms with Crippen molar-refractivity contribution in [2.24, 2.45) is 0 Å². The summed E-state index contributed by atoms with van der Waals surface area (Å²) >= 11 is 0. The van der Waals surface area contributed by atoms with Crippen LogP contribution in [-0.4, -0.2) is 40.8 Å². The average molecular weight is 249 g/mol. The molecule has 1 rings (SSSR count). The Kier molecular flexibility index (Phi) is 3.87. The molecule has 1 heterocycles. The van der Waals surface area contributed by atoms with Crippen molar-refractivity contribution >= 4 is 11.8 Å². The maximum Gasteiger partial charge on any atom is 0.394 e. The monoisotopic (exact) mass is 249 g/mol. The summed E-state index contributed by atoms with van der Waals surface area (Å²) in [5, 5.41) is 8.54. The van der Waals surface area contributed by atoms with Gasteiger partial charge in [0.1, 0.15) is 18.7 Å². The number of carboxylic acid groups (broad SMARTS) is 1. The fourth-order valence-corrected chi connectivity index (χ4v) is 1.18. The molecule has 8 heteroatoms. The number of anilines is 1. The molecule has 0 bridgehead atoms. The molecule has 0 fully saturated rings. The van der Waals surface area contributed by atoms with Crippen molar-refractivity contribution in [2.45, 2.75) is 12.6 Å². The van der Waals surface area contributed by atoms with E-state index in [-0.39, 0.29) is 18.1 Å². The number of nitrogens with zero attached hydrogens (tertiary/aromatic N) is 3. The van der Waals surface area contributed by atoms with Gasteiger partial charge < -0.3 is 10.0 Å². The van der Waals surface area contributed by atoms with Gasteiger partial charge in [-0.2, -0.15) is 13.2 Å². The minimum absolute atomic E-state index is 0.140. The number of hydrogen-bond donors (Lipinski definition) is 1. The fraction of sp³-hybridized carbons (Fsp3) is 0.444. The van der Waals surface area contributed by atoms with Gasteiger partial charge in [-0.25, -0.2) is 9.97 Å². The van der Waals surface area contributed by atoms with E-state index in [0.29, 0.717) is 0 Å². The van der Waals surface area contributed by atoms with Crippen LogP contribution in [0, 0.1) is 0 Å². The number of hydrogen-bond acceptors (Lipinski definition) is 4. The van der Waals surface area contributed by atoms with Gasteiger partial charge in [0.15, 0.2) is 0 Å². The highest BCUT2D eigenvalue weighted by molar-refractivity contribution is 5.72. The summed E-state index contributed by atoms with van der Waals surface area (Å²) in [5.41, 5.74) is -0.195. The lowest BCUT2D eigenvalue weighted by Gasteiger charge is -2.16. The molecule has 0 saturated heterocycles. The largest absolute Gasteiger partial charge is 0.480 e. The van der Waals surface area contributed by atoms with Crippen LogP contribution in [0.5, 0.6) is 0 Å². The number of rotatable bonds is 4. The van der Waals surface area contributed by atoms with E-state index in [4.69, 9.17) is 5.11 Å². The average Bonchev–Trinajstić information content (AvgIpc) is 2.14. The number of likely N-dealkylation sites (N-methyl/N-ethyl adjacent to an activating group) is 1. The van der Waals surface area contributed by atoms with Gasteiger partial charge in [-0.1, -0.05) is 0 Å². The van der Waals surface area contributed by atoms with Crippen LogP contribution in [0.3, 0.4) is 0 Å². The lowest BCUT2D eigenvalue weighted by atomic mass is 10.3. The molecule has 1 N–H and O–H groups in total. The summed E-state index contributed by atoms with van der Waals surface area (Å²) < 4.78 is 36.3. The van der Waals surface area contributed by atoms with Crippen LogP contribution in [0.25, 0.3) is 0 Å². The molecule has 0 aliphatic rings. The van der Waals surface area contributed by atoms with E-state index in [9.17, 15) is 18.0 Å². The quantitative estimate of drug-likeness (QED) is 0.865. The van der Waals surface area contributed by atoms with Crippen LogP contribution in [0.2, 0.25) is 0 Å². The summed E-state index contributed by atoms with van der Waals surface area (Å²) in [6.45, 7) is -0.345. The Balaban J connectivity index is 2.82. The molecule has 94 valence electrons. The van der Waals surface area contributed by atoms with Crippen LogP contribution in [0.1, 0.15) is 5.69 Å². The topological polar surface area (TPSA) is 66.3 Å². The first-order valence-corrected chi connectivity index (χ1v) is 4.58. The Hall–Kier alpha value is -1.86. The van der Waals surface area contributed by atoms with Gasteiger partial charge in [0.05, 0.1) is 12.1 Å². The molecule has 5 nitrogen and oxygen atoms in total. The third-order valence-corrected chi connectivity index (χ3v) is 1.85. The van der Waals surface area contributed by atoms with Gasteiger partial charge in [-0.05, 0) is 0 Å². The van der Waals surface area contributed by atoms with Crippen LogP contribution >= 0.6 is 0 Å². The fourth-order valence-electron chi connectivity index (χ4n) is 1.18. The molecule has 1 aromatic rings. The predicted octanol–water partition coefficient (Wildman–Crippen LogP) is 1.10. The molecule has 1 aromatic heterocycles. The zero-order chi connectivity index (χ0) is 13.1. The van der Waals surface area contributed by atoms with Crippen molar-refractivity contribution < 1.29 is 23.1 Å². The second-order valence-electron chi connectivity index (χ2n) is 3.41. The number of carbonyl (C=O) groups is 1. The summed E-state index contributed by atoms with van der Waals surface area (Å²) in [7, 11) is 1.42. The molecule has 0 atom stereocenters. The Morgan fingerprint density at radius 2 is 2.12 bits per heavy atom. The van der Waals surface area contributed by atoms with Crippen molar-refractivity contribution in [3.05, 3.63) is 18.1 Å².